The van der Waals surface area contributed by atoms with Gasteiger partial charge in [-0.25, -0.2) is 9.59 Å². The van der Waals surface area contributed by atoms with Gasteiger partial charge in [-0.2, -0.15) is 0 Å². The summed E-state index contributed by atoms with van der Waals surface area (Å²) >= 11 is 6.84. The molecule has 0 atom stereocenters. The van der Waals surface area contributed by atoms with Crippen molar-refractivity contribution in [1.29, 1.82) is 0 Å². The summed E-state index contributed by atoms with van der Waals surface area (Å²) in [4.78, 5) is 24.1. The van der Waals surface area contributed by atoms with Gasteiger partial charge in [0, 0.05) is 15.5 Å². The largest absolute Gasteiger partial charge is 0.494 e. The van der Waals surface area contributed by atoms with E-state index in [1.165, 1.54) is 4.57 Å². The fourth-order valence-electron chi connectivity index (χ4n) is 2.74. The normalized spacial score (nSPS) is 11.0. The van der Waals surface area contributed by atoms with E-state index in [0.29, 0.717) is 28.5 Å². The van der Waals surface area contributed by atoms with Crippen LogP contribution >= 0.6 is 31.9 Å². The van der Waals surface area contributed by atoms with Gasteiger partial charge in [-0.15, -0.1) is 0 Å². The SMILES string of the molecule is Cc1cc(Br)c2c(c1)c(=O)oc(=O)n2CCCCOc1ccc(Br)cc1. The first-order chi connectivity index (χ1) is 12.5. The van der Waals surface area contributed by atoms with Crippen molar-refractivity contribution in [3.05, 3.63) is 71.9 Å². The number of hydrogen-bond donors (Lipinski definition) is 0. The highest BCUT2D eigenvalue weighted by Crippen LogP contribution is 2.23. The summed E-state index contributed by atoms with van der Waals surface area (Å²) in [7, 11) is 0. The van der Waals surface area contributed by atoms with E-state index in [1.54, 1.807) is 6.07 Å². The van der Waals surface area contributed by atoms with Gasteiger partial charge in [0.2, 0.25) is 0 Å². The van der Waals surface area contributed by atoms with Crippen molar-refractivity contribution in [1.82, 2.24) is 4.57 Å². The molecule has 2 aromatic carbocycles. The molecule has 3 aromatic rings. The van der Waals surface area contributed by atoms with Gasteiger partial charge >= 0.3 is 11.4 Å². The van der Waals surface area contributed by atoms with Gasteiger partial charge in [0.25, 0.3) is 0 Å². The summed E-state index contributed by atoms with van der Waals surface area (Å²) in [5, 5.41) is 0.405. The Labute approximate surface area is 166 Å². The Balaban J connectivity index is 1.70. The molecule has 0 saturated heterocycles. The van der Waals surface area contributed by atoms with E-state index in [4.69, 9.17) is 9.15 Å². The Kier molecular flexibility index (Phi) is 5.98. The van der Waals surface area contributed by atoms with E-state index < -0.39 is 11.4 Å². The maximum atomic E-state index is 12.1. The number of ether oxygens (including phenoxy) is 1. The topological polar surface area (TPSA) is 61.4 Å². The standard InChI is InChI=1S/C19H17Br2NO4/c1-12-10-15-17(16(21)11-12)22(19(24)26-18(15)23)8-2-3-9-25-14-6-4-13(20)5-7-14/h4-7,10-11H,2-3,8-9H2,1H3. The van der Waals surface area contributed by atoms with Gasteiger partial charge in [0.15, 0.2) is 0 Å². The lowest BCUT2D eigenvalue weighted by Gasteiger charge is -2.11. The molecule has 3 rings (SSSR count). The van der Waals surface area contributed by atoms with Crippen LogP contribution in [0.4, 0.5) is 0 Å². The second kappa shape index (κ2) is 8.22. The highest BCUT2D eigenvalue weighted by molar-refractivity contribution is 9.11. The highest BCUT2D eigenvalue weighted by Gasteiger charge is 2.13. The second-order valence-corrected chi connectivity index (χ2v) is 7.73. The Morgan fingerprint density at radius 1 is 1.08 bits per heavy atom. The van der Waals surface area contributed by atoms with Gasteiger partial charge in [-0.05, 0) is 77.7 Å². The van der Waals surface area contributed by atoms with Crippen LogP contribution in [0.5, 0.6) is 5.75 Å². The lowest BCUT2D eigenvalue weighted by Crippen LogP contribution is -2.25. The van der Waals surface area contributed by atoms with E-state index in [-0.39, 0.29) is 0 Å². The Morgan fingerprint density at radius 2 is 1.81 bits per heavy atom. The van der Waals surface area contributed by atoms with Crippen LogP contribution in [0.2, 0.25) is 0 Å². The molecule has 0 saturated carbocycles. The van der Waals surface area contributed by atoms with Crippen LogP contribution in [0.3, 0.4) is 0 Å². The third kappa shape index (κ3) is 4.27. The molecule has 0 spiro atoms. The van der Waals surface area contributed by atoms with Gasteiger partial charge in [0.05, 0.1) is 17.5 Å². The molecule has 1 aromatic heterocycles. The van der Waals surface area contributed by atoms with Gasteiger partial charge < -0.3 is 9.15 Å². The number of halogens is 2. The molecule has 1 heterocycles. The monoisotopic (exact) mass is 481 g/mol. The third-order valence-electron chi connectivity index (χ3n) is 3.96. The predicted molar refractivity (Wildman–Crippen MR) is 108 cm³/mol. The summed E-state index contributed by atoms with van der Waals surface area (Å²) in [6.45, 7) is 2.88. The summed E-state index contributed by atoms with van der Waals surface area (Å²) in [6.07, 6.45) is 1.49. The van der Waals surface area contributed by atoms with Crippen molar-refractivity contribution < 1.29 is 9.15 Å². The molecule has 0 aliphatic rings. The third-order valence-corrected chi connectivity index (χ3v) is 5.09. The molecule has 0 N–H and O–H groups in total. The number of aromatic nitrogens is 1. The number of rotatable bonds is 6. The molecule has 7 heteroatoms. The Hall–Kier alpha value is -1.86. The summed E-state index contributed by atoms with van der Waals surface area (Å²) in [6, 6.07) is 11.3. The zero-order valence-corrected chi connectivity index (χ0v) is 17.3. The quantitative estimate of drug-likeness (QED) is 0.480. The van der Waals surface area contributed by atoms with Crippen molar-refractivity contribution >= 4 is 42.8 Å². The number of aryl methyl sites for hydroxylation is 2. The number of benzene rings is 2. The Bertz CT molecular complexity index is 1040. The molecule has 0 aliphatic heterocycles. The van der Waals surface area contributed by atoms with Crippen molar-refractivity contribution in [3.8, 4) is 5.75 Å². The van der Waals surface area contributed by atoms with E-state index in [9.17, 15) is 9.59 Å². The summed E-state index contributed by atoms with van der Waals surface area (Å²) in [5.74, 6) is 0.167. The molecule has 136 valence electrons. The van der Waals surface area contributed by atoms with Crippen LogP contribution in [0.25, 0.3) is 10.9 Å². The summed E-state index contributed by atoms with van der Waals surface area (Å²) in [5.41, 5.74) is 0.889. The highest BCUT2D eigenvalue weighted by atomic mass is 79.9. The van der Waals surface area contributed by atoms with Crippen LogP contribution in [0, 0.1) is 6.92 Å². The lowest BCUT2D eigenvalue weighted by molar-refractivity contribution is 0.301. The average molecular weight is 483 g/mol. The smallest absolute Gasteiger partial charge is 0.422 e. The van der Waals surface area contributed by atoms with Crippen molar-refractivity contribution in [2.75, 3.05) is 6.61 Å². The second-order valence-electron chi connectivity index (χ2n) is 5.96. The fourth-order valence-corrected chi connectivity index (χ4v) is 3.79. The first-order valence-corrected chi connectivity index (χ1v) is 9.76. The minimum Gasteiger partial charge on any atom is -0.494 e. The predicted octanol–water partition coefficient (Wildman–Crippen LogP) is 4.65. The first-order valence-electron chi connectivity index (χ1n) is 8.18. The fraction of sp³-hybridized carbons (Fsp3) is 0.263. The average Bonchev–Trinajstić information content (AvgIpc) is 2.59. The molecular formula is C19H17Br2NO4. The van der Waals surface area contributed by atoms with E-state index in [1.807, 2.05) is 37.3 Å². The molecule has 0 radical (unpaired) electrons. The number of hydrogen-bond acceptors (Lipinski definition) is 4. The molecule has 0 aliphatic carbocycles. The van der Waals surface area contributed by atoms with E-state index in [0.717, 1.165) is 28.6 Å². The van der Waals surface area contributed by atoms with Gasteiger partial charge in [-0.3, -0.25) is 4.57 Å². The van der Waals surface area contributed by atoms with Crippen LogP contribution in [0.1, 0.15) is 18.4 Å². The molecule has 5 nitrogen and oxygen atoms in total. The molecule has 0 fully saturated rings. The summed E-state index contributed by atoms with van der Waals surface area (Å²) < 4.78 is 13.8. The zero-order valence-electron chi connectivity index (χ0n) is 14.1. The maximum absolute atomic E-state index is 12.1. The van der Waals surface area contributed by atoms with E-state index in [2.05, 4.69) is 31.9 Å². The van der Waals surface area contributed by atoms with Crippen molar-refractivity contribution in [3.63, 3.8) is 0 Å². The Morgan fingerprint density at radius 3 is 2.54 bits per heavy atom. The first kappa shape index (κ1) is 18.9. The number of nitrogens with zero attached hydrogens (tertiary/aromatic N) is 1. The lowest BCUT2D eigenvalue weighted by atomic mass is 10.1. The van der Waals surface area contributed by atoms with E-state index >= 15 is 0 Å². The minimum atomic E-state index is -0.638. The molecule has 26 heavy (non-hydrogen) atoms. The molecule has 0 unspecified atom stereocenters. The van der Waals surface area contributed by atoms with Crippen LogP contribution in [0.15, 0.2) is 59.3 Å². The maximum Gasteiger partial charge on any atom is 0.422 e. The molecular weight excluding hydrogens is 466 g/mol. The molecule has 0 amide bonds. The molecule has 0 bridgehead atoms. The van der Waals surface area contributed by atoms with Crippen molar-refractivity contribution in [2.24, 2.45) is 0 Å². The van der Waals surface area contributed by atoms with Crippen molar-refractivity contribution in [2.45, 2.75) is 26.3 Å². The number of fused-ring (bicyclic) bond motifs is 1. The van der Waals surface area contributed by atoms with Gasteiger partial charge in [0.1, 0.15) is 5.75 Å². The minimum absolute atomic E-state index is 0.405. The van der Waals surface area contributed by atoms with Gasteiger partial charge in [-0.1, -0.05) is 15.9 Å². The van der Waals surface area contributed by atoms with Crippen LogP contribution in [-0.4, -0.2) is 11.2 Å². The van der Waals surface area contributed by atoms with Crippen LogP contribution in [-0.2, 0) is 6.54 Å². The zero-order chi connectivity index (χ0) is 18.7. The number of unbranched alkanes of at least 4 members (excludes halogenated alkanes) is 1. The van der Waals surface area contributed by atoms with Crippen LogP contribution < -0.4 is 16.1 Å².